The maximum Gasteiger partial charge on any atom is 0.419 e. The summed E-state index contributed by atoms with van der Waals surface area (Å²) in [6.45, 7) is 0. The average molecular weight is 451 g/mol. The molecule has 0 saturated heterocycles. The molecule has 1 N–H and O–H groups in total. The molecule has 8 heteroatoms. The van der Waals surface area contributed by atoms with Crippen LogP contribution in [-0.2, 0) is 12.6 Å². The van der Waals surface area contributed by atoms with Gasteiger partial charge in [-0.15, -0.1) is 0 Å². The van der Waals surface area contributed by atoms with Gasteiger partial charge in [-0.3, -0.25) is 5.01 Å². The molecule has 2 aliphatic rings. The Morgan fingerprint density at radius 2 is 1.82 bits per heavy atom. The number of nitriles is 1. The van der Waals surface area contributed by atoms with E-state index >= 15 is 0 Å². The molecule has 0 saturated carbocycles. The fraction of sp³-hybridized carbons (Fsp3) is 0.200. The van der Waals surface area contributed by atoms with Crippen molar-refractivity contribution in [2.45, 2.75) is 25.1 Å². The Hall–Kier alpha value is -3.86. The zero-order chi connectivity index (χ0) is 23.3. The molecule has 0 amide bonds. The standard InChI is InChI=1S/C25H17F4N3O/c26-17-7-4-14(5-8-17)24-20-10-6-15-12-18(33)9-11-19(15)23(20)31-32(24)21-3-1-2-16(13-30)22(21)25(27,28)29/h1-5,7-9,11-12,20,24,33H,6,10H2. The largest absolute Gasteiger partial charge is 0.508 e. The van der Waals surface area contributed by atoms with Gasteiger partial charge in [-0.1, -0.05) is 18.2 Å². The van der Waals surface area contributed by atoms with Gasteiger partial charge in [0, 0.05) is 11.5 Å². The molecule has 3 aromatic rings. The van der Waals surface area contributed by atoms with Crippen LogP contribution in [0, 0.1) is 23.1 Å². The van der Waals surface area contributed by atoms with Crippen molar-refractivity contribution in [1.82, 2.24) is 0 Å². The first kappa shape index (κ1) is 21.0. The highest BCUT2D eigenvalue weighted by molar-refractivity contribution is 6.07. The quantitative estimate of drug-likeness (QED) is 0.490. The summed E-state index contributed by atoms with van der Waals surface area (Å²) < 4.78 is 55.9. The Labute approximate surface area is 187 Å². The third-order valence-electron chi connectivity index (χ3n) is 6.21. The molecular weight excluding hydrogens is 434 g/mol. The third kappa shape index (κ3) is 3.50. The first-order valence-corrected chi connectivity index (χ1v) is 10.3. The molecule has 0 fully saturated rings. The van der Waals surface area contributed by atoms with E-state index in [0.717, 1.165) is 17.2 Å². The van der Waals surface area contributed by atoms with Crippen molar-refractivity contribution < 1.29 is 22.7 Å². The van der Waals surface area contributed by atoms with Crippen LogP contribution in [0.1, 0.15) is 40.3 Å². The third-order valence-corrected chi connectivity index (χ3v) is 6.21. The summed E-state index contributed by atoms with van der Waals surface area (Å²) in [6, 6.07) is 15.4. The predicted octanol–water partition coefficient (Wildman–Crippen LogP) is 5.95. The van der Waals surface area contributed by atoms with Crippen molar-refractivity contribution in [3.63, 3.8) is 0 Å². The van der Waals surface area contributed by atoms with E-state index < -0.39 is 29.2 Å². The van der Waals surface area contributed by atoms with E-state index in [2.05, 4.69) is 5.10 Å². The summed E-state index contributed by atoms with van der Waals surface area (Å²) in [6.07, 6.45) is -3.57. The first-order chi connectivity index (χ1) is 15.8. The summed E-state index contributed by atoms with van der Waals surface area (Å²) in [5.74, 6) is -0.588. The van der Waals surface area contributed by atoms with Gasteiger partial charge in [-0.2, -0.15) is 23.5 Å². The molecule has 33 heavy (non-hydrogen) atoms. The number of hydrogen-bond donors (Lipinski definition) is 1. The number of aryl methyl sites for hydroxylation is 1. The van der Waals surface area contributed by atoms with Gasteiger partial charge in [-0.25, -0.2) is 4.39 Å². The van der Waals surface area contributed by atoms with E-state index in [0.29, 0.717) is 24.1 Å². The van der Waals surface area contributed by atoms with E-state index in [4.69, 9.17) is 0 Å². The maximum absolute atomic E-state index is 14.1. The lowest BCUT2D eigenvalue weighted by Gasteiger charge is -2.32. The Morgan fingerprint density at radius 3 is 2.52 bits per heavy atom. The van der Waals surface area contributed by atoms with Crippen LogP contribution in [0.3, 0.4) is 0 Å². The van der Waals surface area contributed by atoms with Gasteiger partial charge < -0.3 is 5.11 Å². The van der Waals surface area contributed by atoms with Crippen molar-refractivity contribution in [3.8, 4) is 11.8 Å². The van der Waals surface area contributed by atoms with Crippen molar-refractivity contribution in [2.24, 2.45) is 11.0 Å². The van der Waals surface area contributed by atoms with Gasteiger partial charge in [0.05, 0.1) is 34.6 Å². The Bertz CT molecular complexity index is 1310. The molecular formula is C25H17F4N3O. The second-order valence-electron chi connectivity index (χ2n) is 8.12. The van der Waals surface area contributed by atoms with E-state index in [1.54, 1.807) is 30.3 Å². The minimum atomic E-state index is -4.77. The van der Waals surface area contributed by atoms with E-state index in [-0.39, 0.29) is 17.4 Å². The molecule has 4 nitrogen and oxygen atoms in total. The van der Waals surface area contributed by atoms with E-state index in [9.17, 15) is 27.9 Å². The van der Waals surface area contributed by atoms with Gasteiger partial charge in [-0.05, 0) is 66.4 Å². The minimum absolute atomic E-state index is 0.110. The molecule has 1 aliphatic heterocycles. The summed E-state index contributed by atoms with van der Waals surface area (Å²) in [7, 11) is 0. The minimum Gasteiger partial charge on any atom is -0.508 e. The number of phenols is 1. The van der Waals surface area contributed by atoms with Crippen LogP contribution < -0.4 is 5.01 Å². The molecule has 0 aromatic heterocycles. The monoisotopic (exact) mass is 451 g/mol. The van der Waals surface area contributed by atoms with E-state index in [1.165, 1.54) is 35.3 Å². The number of aromatic hydroxyl groups is 1. The van der Waals surface area contributed by atoms with Crippen LogP contribution in [0.5, 0.6) is 5.75 Å². The number of hydrogen-bond acceptors (Lipinski definition) is 4. The molecule has 3 aromatic carbocycles. The number of alkyl halides is 3. The lowest BCUT2D eigenvalue weighted by molar-refractivity contribution is -0.137. The molecule has 0 radical (unpaired) electrons. The van der Waals surface area contributed by atoms with Crippen LogP contribution in [-0.4, -0.2) is 10.8 Å². The molecule has 5 rings (SSSR count). The molecule has 0 bridgehead atoms. The Balaban J connectivity index is 1.73. The summed E-state index contributed by atoms with van der Waals surface area (Å²) in [4.78, 5) is 0. The van der Waals surface area contributed by atoms with Crippen LogP contribution in [0.4, 0.5) is 23.2 Å². The van der Waals surface area contributed by atoms with Gasteiger partial charge >= 0.3 is 6.18 Å². The number of anilines is 1. The zero-order valence-corrected chi connectivity index (χ0v) is 17.1. The van der Waals surface area contributed by atoms with E-state index in [1.807, 2.05) is 0 Å². The van der Waals surface area contributed by atoms with Crippen LogP contribution in [0.2, 0.25) is 0 Å². The number of rotatable bonds is 2. The summed E-state index contributed by atoms with van der Waals surface area (Å²) in [5.41, 5.74) is 1.11. The fourth-order valence-corrected chi connectivity index (χ4v) is 4.83. The van der Waals surface area contributed by atoms with Gasteiger partial charge in [0.15, 0.2) is 0 Å². The molecule has 2 atom stereocenters. The van der Waals surface area contributed by atoms with Crippen molar-refractivity contribution in [2.75, 3.05) is 5.01 Å². The highest BCUT2D eigenvalue weighted by Gasteiger charge is 2.46. The maximum atomic E-state index is 14.1. The number of phenolic OH excluding ortho intramolecular Hbond substituents is 1. The van der Waals surface area contributed by atoms with Gasteiger partial charge in [0.2, 0.25) is 0 Å². The van der Waals surface area contributed by atoms with Gasteiger partial charge in [0.1, 0.15) is 11.6 Å². The lowest BCUT2D eigenvalue weighted by atomic mass is 9.77. The molecule has 166 valence electrons. The predicted molar refractivity (Wildman–Crippen MR) is 114 cm³/mol. The molecule has 0 spiro atoms. The Morgan fingerprint density at radius 1 is 1.06 bits per heavy atom. The number of fused-ring (bicyclic) bond motifs is 3. The highest BCUT2D eigenvalue weighted by Crippen LogP contribution is 2.49. The van der Waals surface area contributed by atoms with Crippen molar-refractivity contribution >= 4 is 11.4 Å². The van der Waals surface area contributed by atoms with Crippen LogP contribution in [0.25, 0.3) is 0 Å². The molecule has 2 unspecified atom stereocenters. The zero-order valence-electron chi connectivity index (χ0n) is 17.1. The lowest BCUT2D eigenvalue weighted by Crippen LogP contribution is -2.30. The second kappa shape index (κ2) is 7.62. The SMILES string of the molecule is N#Cc1cccc(N2N=C3c4ccc(O)cc4CCC3C2c2ccc(F)cc2)c1C(F)(F)F. The number of nitrogens with zero attached hydrogens (tertiary/aromatic N) is 3. The number of benzene rings is 3. The van der Waals surface area contributed by atoms with Crippen molar-refractivity contribution in [1.29, 1.82) is 5.26 Å². The topological polar surface area (TPSA) is 59.6 Å². The summed E-state index contributed by atoms with van der Waals surface area (Å²) in [5, 5.41) is 25.2. The number of hydrazone groups is 1. The average Bonchev–Trinajstić information content (AvgIpc) is 3.18. The second-order valence-corrected chi connectivity index (χ2v) is 8.12. The van der Waals surface area contributed by atoms with Crippen molar-refractivity contribution in [3.05, 3.63) is 94.3 Å². The highest BCUT2D eigenvalue weighted by atomic mass is 19.4. The summed E-state index contributed by atoms with van der Waals surface area (Å²) >= 11 is 0. The van der Waals surface area contributed by atoms with Crippen LogP contribution in [0.15, 0.2) is 65.8 Å². The smallest absolute Gasteiger partial charge is 0.419 e. The normalized spacial score (nSPS) is 19.5. The van der Waals surface area contributed by atoms with Crippen LogP contribution >= 0.6 is 0 Å². The van der Waals surface area contributed by atoms with Gasteiger partial charge in [0.25, 0.3) is 0 Å². The first-order valence-electron chi connectivity index (χ1n) is 10.3. The molecule has 1 aliphatic carbocycles. The fourth-order valence-electron chi connectivity index (χ4n) is 4.83. The number of halogens is 4. The molecule has 1 heterocycles. The Kier molecular flexibility index (Phi) is 4.85.